The minimum absolute atomic E-state index is 0.0695. The van der Waals surface area contributed by atoms with Gasteiger partial charge >= 0.3 is 5.97 Å². The van der Waals surface area contributed by atoms with Gasteiger partial charge in [-0.25, -0.2) is 14.8 Å². The molecular weight excluding hydrogens is 518 g/mol. The lowest BCUT2D eigenvalue weighted by Crippen LogP contribution is -2.48. The molecule has 3 aromatic carbocycles. The molecule has 0 radical (unpaired) electrons. The van der Waals surface area contributed by atoms with Gasteiger partial charge in [0.05, 0.1) is 28.5 Å². The van der Waals surface area contributed by atoms with Gasteiger partial charge in [-0.1, -0.05) is 44.2 Å². The Morgan fingerprint density at radius 3 is 2.39 bits per heavy atom. The SMILES string of the molecule is CC1CC2c3c(c4ccccc4c4nc5ccc(CC(=O)On6c(O)ccc6O)cc5nc34)OC(C)(C)C2CC1C. The molecule has 0 bridgehead atoms. The van der Waals surface area contributed by atoms with Gasteiger partial charge in [-0.2, -0.15) is 0 Å². The summed E-state index contributed by atoms with van der Waals surface area (Å²) in [4.78, 5) is 28.1. The van der Waals surface area contributed by atoms with E-state index in [2.05, 4.69) is 45.9 Å². The summed E-state index contributed by atoms with van der Waals surface area (Å²) in [7, 11) is 0. The van der Waals surface area contributed by atoms with Crippen LogP contribution >= 0.6 is 0 Å². The second-order valence-corrected chi connectivity index (χ2v) is 12.4. The lowest BCUT2D eigenvalue weighted by atomic mass is 9.61. The van der Waals surface area contributed by atoms with E-state index in [0.717, 1.165) is 51.5 Å². The summed E-state index contributed by atoms with van der Waals surface area (Å²) in [5, 5.41) is 21.7. The molecular formula is C33H33N3O5. The minimum atomic E-state index is -0.632. The van der Waals surface area contributed by atoms with Gasteiger partial charge in [-0.3, -0.25) is 0 Å². The van der Waals surface area contributed by atoms with Crippen LogP contribution in [0.4, 0.5) is 0 Å². The number of fused-ring (bicyclic) bond motifs is 9. The Bertz CT molecular complexity index is 1840. The molecule has 210 valence electrons. The van der Waals surface area contributed by atoms with E-state index >= 15 is 0 Å². The van der Waals surface area contributed by atoms with Crippen molar-refractivity contribution in [3.8, 4) is 17.5 Å². The molecule has 3 heterocycles. The van der Waals surface area contributed by atoms with Crippen LogP contribution in [0, 0.1) is 17.8 Å². The quantitative estimate of drug-likeness (QED) is 0.201. The van der Waals surface area contributed by atoms with Crippen molar-refractivity contribution in [2.75, 3.05) is 0 Å². The third-order valence-electron chi connectivity index (χ3n) is 9.33. The fraction of sp³-hybridized carbons (Fsp3) is 0.364. The number of benzene rings is 3. The van der Waals surface area contributed by atoms with Gasteiger partial charge in [-0.15, -0.1) is 4.73 Å². The van der Waals surface area contributed by atoms with E-state index in [-0.39, 0.29) is 23.8 Å². The van der Waals surface area contributed by atoms with Gasteiger partial charge in [-0.05, 0) is 62.1 Å². The highest BCUT2D eigenvalue weighted by Crippen LogP contribution is 2.57. The van der Waals surface area contributed by atoms with Crippen molar-refractivity contribution in [1.29, 1.82) is 0 Å². The number of aromatic nitrogens is 3. The summed E-state index contributed by atoms with van der Waals surface area (Å²) < 4.78 is 7.57. The Labute approximate surface area is 237 Å². The first-order valence-electron chi connectivity index (χ1n) is 14.3. The first-order chi connectivity index (χ1) is 19.6. The smallest absolute Gasteiger partial charge is 0.337 e. The Balaban J connectivity index is 1.37. The van der Waals surface area contributed by atoms with Crippen molar-refractivity contribution in [3.05, 3.63) is 65.7 Å². The molecule has 41 heavy (non-hydrogen) atoms. The molecule has 5 aromatic rings. The van der Waals surface area contributed by atoms with E-state index in [4.69, 9.17) is 19.5 Å². The second kappa shape index (κ2) is 9.09. The normalized spacial score (nSPS) is 23.2. The molecule has 1 fully saturated rings. The maximum Gasteiger partial charge on any atom is 0.337 e. The van der Waals surface area contributed by atoms with Crippen molar-refractivity contribution >= 4 is 38.8 Å². The van der Waals surface area contributed by atoms with E-state index in [1.165, 1.54) is 12.1 Å². The number of carbonyl (C=O) groups excluding carboxylic acids is 1. The number of hydrogen-bond acceptors (Lipinski definition) is 7. The first-order valence-corrected chi connectivity index (χ1v) is 14.3. The van der Waals surface area contributed by atoms with Crippen LogP contribution in [-0.2, 0) is 11.2 Å². The topological polar surface area (TPSA) is 107 Å². The van der Waals surface area contributed by atoms with Crippen molar-refractivity contribution in [2.45, 2.75) is 58.5 Å². The molecule has 1 aliphatic heterocycles. The largest absolute Gasteiger partial charge is 0.492 e. The fourth-order valence-corrected chi connectivity index (χ4v) is 7.00. The molecule has 1 aliphatic carbocycles. The van der Waals surface area contributed by atoms with Crippen LogP contribution in [0.5, 0.6) is 17.5 Å². The van der Waals surface area contributed by atoms with Gasteiger partial charge in [0, 0.05) is 34.4 Å². The number of ether oxygens (including phenoxy) is 1. The molecule has 2 aromatic heterocycles. The fourth-order valence-electron chi connectivity index (χ4n) is 7.00. The number of carbonyl (C=O) groups is 1. The molecule has 0 saturated heterocycles. The van der Waals surface area contributed by atoms with E-state index in [1.54, 1.807) is 0 Å². The predicted molar refractivity (Wildman–Crippen MR) is 156 cm³/mol. The standard InChI is InChI=1S/C33H33N3O5/c1-17-13-22-23(14-18(17)2)33(3,4)40-32-21-8-6-5-7-20(21)30-31(29(22)32)35-25-15-19(9-10-24(25)34-30)16-28(39)41-36-26(37)11-12-27(36)38/h5-12,15,17-18,22-23,37-38H,13-14,16H2,1-4H3. The van der Waals surface area contributed by atoms with E-state index < -0.39 is 5.97 Å². The van der Waals surface area contributed by atoms with Crippen LogP contribution in [0.3, 0.4) is 0 Å². The molecule has 1 saturated carbocycles. The highest BCUT2D eigenvalue weighted by Gasteiger charge is 2.49. The highest BCUT2D eigenvalue weighted by molar-refractivity contribution is 6.11. The van der Waals surface area contributed by atoms with Crippen LogP contribution < -0.4 is 9.57 Å². The Hall–Kier alpha value is -4.33. The predicted octanol–water partition coefficient (Wildman–Crippen LogP) is 6.28. The third kappa shape index (κ3) is 4.07. The van der Waals surface area contributed by atoms with Crippen LogP contribution in [-0.4, -0.2) is 36.5 Å². The average Bonchev–Trinajstić information content (AvgIpc) is 3.25. The summed E-state index contributed by atoms with van der Waals surface area (Å²) in [6.45, 7) is 9.15. The van der Waals surface area contributed by atoms with Gasteiger partial charge in [0.15, 0.2) is 0 Å². The van der Waals surface area contributed by atoms with Crippen molar-refractivity contribution in [1.82, 2.24) is 14.7 Å². The number of aromatic hydroxyl groups is 2. The van der Waals surface area contributed by atoms with Crippen LogP contribution in [0.15, 0.2) is 54.6 Å². The molecule has 0 amide bonds. The Morgan fingerprint density at radius 1 is 0.951 bits per heavy atom. The molecule has 0 spiro atoms. The van der Waals surface area contributed by atoms with Gasteiger partial charge < -0.3 is 19.8 Å². The lowest BCUT2D eigenvalue weighted by molar-refractivity contribution is -0.144. The summed E-state index contributed by atoms with van der Waals surface area (Å²) in [5.41, 5.74) is 4.69. The summed E-state index contributed by atoms with van der Waals surface area (Å²) in [6.07, 6.45) is 2.11. The van der Waals surface area contributed by atoms with Gasteiger partial charge in [0.25, 0.3) is 0 Å². The molecule has 8 heteroatoms. The van der Waals surface area contributed by atoms with Crippen molar-refractivity contribution < 1.29 is 24.6 Å². The summed E-state index contributed by atoms with van der Waals surface area (Å²) in [5.74, 6) is 1.44. The minimum Gasteiger partial charge on any atom is -0.492 e. The zero-order chi connectivity index (χ0) is 28.6. The molecule has 2 N–H and O–H groups in total. The van der Waals surface area contributed by atoms with Crippen molar-refractivity contribution in [3.63, 3.8) is 0 Å². The van der Waals surface area contributed by atoms with Crippen LogP contribution in [0.25, 0.3) is 32.8 Å². The Kier molecular flexibility index (Phi) is 5.68. The second-order valence-electron chi connectivity index (χ2n) is 12.4. The maximum atomic E-state index is 12.6. The molecule has 7 rings (SSSR count). The number of rotatable bonds is 3. The van der Waals surface area contributed by atoms with Crippen LogP contribution in [0.2, 0.25) is 0 Å². The monoisotopic (exact) mass is 551 g/mol. The molecule has 4 atom stereocenters. The Morgan fingerprint density at radius 2 is 1.63 bits per heavy atom. The van der Waals surface area contributed by atoms with E-state index in [9.17, 15) is 15.0 Å². The first kappa shape index (κ1) is 25.6. The lowest BCUT2D eigenvalue weighted by Gasteiger charge is -2.50. The highest BCUT2D eigenvalue weighted by atomic mass is 16.7. The number of hydrogen-bond donors (Lipinski definition) is 2. The molecule has 2 aliphatic rings. The zero-order valence-electron chi connectivity index (χ0n) is 23.6. The summed E-state index contributed by atoms with van der Waals surface area (Å²) in [6, 6.07) is 16.3. The summed E-state index contributed by atoms with van der Waals surface area (Å²) >= 11 is 0. The van der Waals surface area contributed by atoms with E-state index in [1.807, 2.05) is 24.3 Å². The third-order valence-corrected chi connectivity index (χ3v) is 9.33. The van der Waals surface area contributed by atoms with Crippen LogP contribution in [0.1, 0.15) is 57.6 Å². The van der Waals surface area contributed by atoms with E-state index in [0.29, 0.717) is 39.5 Å². The van der Waals surface area contributed by atoms with Gasteiger partial charge in [0.2, 0.25) is 11.8 Å². The molecule has 8 nitrogen and oxygen atoms in total. The number of nitrogens with zero attached hydrogens (tertiary/aromatic N) is 3. The molecule has 4 unspecified atom stereocenters. The average molecular weight is 552 g/mol. The maximum absolute atomic E-state index is 12.6. The zero-order valence-corrected chi connectivity index (χ0v) is 23.6. The van der Waals surface area contributed by atoms with Crippen molar-refractivity contribution in [2.24, 2.45) is 17.8 Å². The van der Waals surface area contributed by atoms with Gasteiger partial charge in [0.1, 0.15) is 11.4 Å².